The number of pyridine rings is 1. The molecule has 3 aromatic rings. The first-order valence-corrected chi connectivity index (χ1v) is 8.94. The summed E-state index contributed by atoms with van der Waals surface area (Å²) in [5, 5.41) is 7.43. The fourth-order valence-electron chi connectivity index (χ4n) is 3.39. The van der Waals surface area contributed by atoms with Gasteiger partial charge in [0.25, 0.3) is 0 Å². The largest absolute Gasteiger partial charge is 0.342 e. The molecule has 1 saturated heterocycles. The maximum Gasteiger partial charge on any atom is 0.227 e. The lowest BCUT2D eigenvalue weighted by Crippen LogP contribution is -2.40. The number of amides is 1. The number of likely N-dealkylation sites (tertiary alicyclic amines) is 1. The van der Waals surface area contributed by atoms with E-state index < -0.39 is 0 Å². The molecule has 1 N–H and O–H groups in total. The first-order valence-electron chi connectivity index (χ1n) is 8.94. The molecule has 0 aliphatic carbocycles. The van der Waals surface area contributed by atoms with Crippen molar-refractivity contribution < 1.29 is 4.79 Å². The van der Waals surface area contributed by atoms with Crippen molar-refractivity contribution in [2.24, 2.45) is 0 Å². The van der Waals surface area contributed by atoms with Crippen LogP contribution in [0.1, 0.15) is 30.1 Å². The Morgan fingerprint density at radius 1 is 1.19 bits per heavy atom. The number of rotatable bonds is 4. The molecule has 0 unspecified atom stereocenters. The zero-order valence-electron chi connectivity index (χ0n) is 14.5. The van der Waals surface area contributed by atoms with Crippen LogP contribution >= 0.6 is 0 Å². The molecule has 0 saturated carbocycles. The number of nitrogens with zero attached hydrogens (tertiary/aromatic N) is 4. The van der Waals surface area contributed by atoms with E-state index >= 15 is 0 Å². The van der Waals surface area contributed by atoms with Crippen molar-refractivity contribution in [3.63, 3.8) is 0 Å². The summed E-state index contributed by atoms with van der Waals surface area (Å²) in [6, 6.07) is 13.7. The van der Waals surface area contributed by atoms with Gasteiger partial charge in [0, 0.05) is 37.0 Å². The van der Waals surface area contributed by atoms with Gasteiger partial charge in [-0.3, -0.25) is 14.9 Å². The second-order valence-corrected chi connectivity index (χ2v) is 6.63. The van der Waals surface area contributed by atoms with Gasteiger partial charge >= 0.3 is 0 Å². The highest BCUT2D eigenvalue weighted by atomic mass is 16.2. The first kappa shape index (κ1) is 16.4. The monoisotopic (exact) mass is 347 g/mol. The number of nitrogens with one attached hydrogen (secondary N) is 1. The summed E-state index contributed by atoms with van der Waals surface area (Å²) in [5.41, 5.74) is 1.95. The minimum absolute atomic E-state index is 0.144. The SMILES string of the molecule is O=C(Cc1cccnc1)N1CCC[C@H](c2nc(-c3ccccc3)n[nH]2)C1. The Morgan fingerprint density at radius 3 is 2.88 bits per heavy atom. The topological polar surface area (TPSA) is 74.8 Å². The van der Waals surface area contributed by atoms with Gasteiger partial charge in [-0.05, 0) is 24.5 Å². The van der Waals surface area contributed by atoms with Crippen LogP contribution in [-0.4, -0.2) is 44.1 Å². The maximum atomic E-state index is 12.6. The van der Waals surface area contributed by atoms with E-state index in [9.17, 15) is 4.79 Å². The maximum absolute atomic E-state index is 12.6. The van der Waals surface area contributed by atoms with E-state index in [1.165, 1.54) is 0 Å². The zero-order valence-corrected chi connectivity index (χ0v) is 14.5. The van der Waals surface area contributed by atoms with Crippen molar-refractivity contribution in [3.8, 4) is 11.4 Å². The number of hydrogen-bond acceptors (Lipinski definition) is 4. The molecule has 0 bridgehead atoms. The van der Waals surface area contributed by atoms with Crippen LogP contribution < -0.4 is 0 Å². The summed E-state index contributed by atoms with van der Waals surface area (Å²) in [6.07, 6.45) is 5.86. The molecular weight excluding hydrogens is 326 g/mol. The lowest BCUT2D eigenvalue weighted by atomic mass is 9.97. The number of H-pyrrole nitrogens is 1. The molecule has 1 amide bonds. The molecule has 0 radical (unpaired) electrons. The van der Waals surface area contributed by atoms with Crippen LogP contribution in [-0.2, 0) is 11.2 Å². The van der Waals surface area contributed by atoms with E-state index in [-0.39, 0.29) is 11.8 Å². The molecule has 1 aliphatic rings. The molecule has 4 rings (SSSR count). The third-order valence-electron chi connectivity index (χ3n) is 4.77. The smallest absolute Gasteiger partial charge is 0.227 e. The molecule has 132 valence electrons. The average molecular weight is 347 g/mol. The number of hydrogen-bond donors (Lipinski definition) is 1. The predicted octanol–water partition coefficient (Wildman–Crippen LogP) is 2.82. The van der Waals surface area contributed by atoms with E-state index in [0.717, 1.165) is 36.3 Å². The van der Waals surface area contributed by atoms with E-state index in [0.29, 0.717) is 18.8 Å². The standard InChI is InChI=1S/C20H21N5O/c26-18(12-15-6-4-10-21-13-15)25-11-5-9-17(14-25)20-22-19(23-24-20)16-7-2-1-3-8-16/h1-4,6-8,10,13,17H,5,9,11-12,14H2,(H,22,23,24)/t17-/m0/s1. The Kier molecular flexibility index (Phi) is 4.73. The summed E-state index contributed by atoms with van der Waals surface area (Å²) < 4.78 is 0. The fraction of sp³-hybridized carbons (Fsp3) is 0.300. The van der Waals surface area contributed by atoms with Crippen LogP contribution in [0, 0.1) is 0 Å². The molecule has 1 fully saturated rings. The third kappa shape index (κ3) is 3.64. The summed E-state index contributed by atoms with van der Waals surface area (Å²) in [5.74, 6) is 1.92. The van der Waals surface area contributed by atoms with Gasteiger partial charge in [0.15, 0.2) is 5.82 Å². The lowest BCUT2D eigenvalue weighted by Gasteiger charge is -2.31. The lowest BCUT2D eigenvalue weighted by molar-refractivity contribution is -0.131. The van der Waals surface area contributed by atoms with Gasteiger partial charge in [-0.25, -0.2) is 4.98 Å². The first-order chi connectivity index (χ1) is 12.8. The van der Waals surface area contributed by atoms with Crippen LogP contribution in [0.4, 0.5) is 0 Å². The molecule has 1 aliphatic heterocycles. The highest BCUT2D eigenvalue weighted by Gasteiger charge is 2.27. The van der Waals surface area contributed by atoms with Gasteiger partial charge in [-0.15, -0.1) is 0 Å². The molecule has 6 heteroatoms. The van der Waals surface area contributed by atoms with Crippen LogP contribution in [0.25, 0.3) is 11.4 Å². The van der Waals surface area contributed by atoms with Gasteiger partial charge in [0.1, 0.15) is 5.82 Å². The van der Waals surface area contributed by atoms with Crippen LogP contribution in [0.5, 0.6) is 0 Å². The summed E-state index contributed by atoms with van der Waals surface area (Å²) in [7, 11) is 0. The second kappa shape index (κ2) is 7.47. The summed E-state index contributed by atoms with van der Waals surface area (Å²) in [4.78, 5) is 23.3. The summed E-state index contributed by atoms with van der Waals surface area (Å²) in [6.45, 7) is 1.48. The molecule has 1 aromatic carbocycles. The Labute approximate surface area is 152 Å². The number of piperidine rings is 1. The van der Waals surface area contributed by atoms with Crippen LogP contribution in [0.15, 0.2) is 54.9 Å². The van der Waals surface area contributed by atoms with E-state index in [1.54, 1.807) is 12.4 Å². The van der Waals surface area contributed by atoms with Crippen molar-refractivity contribution in [1.29, 1.82) is 0 Å². The van der Waals surface area contributed by atoms with Gasteiger partial charge in [0.05, 0.1) is 6.42 Å². The molecule has 3 heterocycles. The fourth-order valence-corrected chi connectivity index (χ4v) is 3.39. The number of benzene rings is 1. The van der Waals surface area contributed by atoms with Crippen LogP contribution in [0.3, 0.4) is 0 Å². The number of carbonyl (C=O) groups is 1. The minimum Gasteiger partial charge on any atom is -0.342 e. The van der Waals surface area contributed by atoms with E-state index in [4.69, 9.17) is 0 Å². The van der Waals surface area contributed by atoms with Crippen molar-refractivity contribution in [1.82, 2.24) is 25.1 Å². The number of aromatic nitrogens is 4. The van der Waals surface area contributed by atoms with Crippen molar-refractivity contribution in [3.05, 3.63) is 66.2 Å². The molecule has 26 heavy (non-hydrogen) atoms. The quantitative estimate of drug-likeness (QED) is 0.787. The minimum atomic E-state index is 0.144. The Morgan fingerprint density at radius 2 is 2.08 bits per heavy atom. The second-order valence-electron chi connectivity index (χ2n) is 6.63. The van der Waals surface area contributed by atoms with E-state index in [1.807, 2.05) is 47.4 Å². The van der Waals surface area contributed by atoms with Crippen LogP contribution in [0.2, 0.25) is 0 Å². The van der Waals surface area contributed by atoms with Crippen molar-refractivity contribution >= 4 is 5.91 Å². The average Bonchev–Trinajstić information content (AvgIpc) is 3.20. The third-order valence-corrected chi connectivity index (χ3v) is 4.77. The molecule has 0 spiro atoms. The van der Waals surface area contributed by atoms with E-state index in [2.05, 4.69) is 20.2 Å². The molecule has 6 nitrogen and oxygen atoms in total. The molecule has 1 atom stereocenters. The molecule has 2 aromatic heterocycles. The van der Waals surface area contributed by atoms with Gasteiger partial charge in [0.2, 0.25) is 5.91 Å². The molecular formula is C20H21N5O. The van der Waals surface area contributed by atoms with Gasteiger partial charge in [-0.1, -0.05) is 36.4 Å². The normalized spacial score (nSPS) is 17.2. The predicted molar refractivity (Wildman–Crippen MR) is 98.3 cm³/mol. The van der Waals surface area contributed by atoms with Gasteiger partial charge in [-0.2, -0.15) is 5.10 Å². The number of aromatic amines is 1. The van der Waals surface area contributed by atoms with Crippen molar-refractivity contribution in [2.45, 2.75) is 25.2 Å². The number of carbonyl (C=O) groups excluding carboxylic acids is 1. The zero-order chi connectivity index (χ0) is 17.8. The summed E-state index contributed by atoms with van der Waals surface area (Å²) >= 11 is 0. The van der Waals surface area contributed by atoms with Crippen molar-refractivity contribution in [2.75, 3.05) is 13.1 Å². The highest BCUT2D eigenvalue weighted by Crippen LogP contribution is 2.26. The Bertz CT molecular complexity index is 862. The Balaban J connectivity index is 1.44. The highest BCUT2D eigenvalue weighted by molar-refractivity contribution is 5.78. The Hall–Kier alpha value is -3.02. The van der Waals surface area contributed by atoms with Gasteiger partial charge < -0.3 is 4.90 Å².